The number of aryl methyl sites for hydroxylation is 2. The summed E-state index contributed by atoms with van der Waals surface area (Å²) in [5.41, 5.74) is 3.47. The van der Waals surface area contributed by atoms with Crippen molar-refractivity contribution in [2.24, 2.45) is 5.92 Å². The molecule has 1 heterocycles. The molecule has 0 aromatic carbocycles. The Hall–Kier alpha value is -1.56. The van der Waals surface area contributed by atoms with E-state index in [1.807, 2.05) is 19.9 Å². The Morgan fingerprint density at radius 1 is 1.33 bits per heavy atom. The van der Waals surface area contributed by atoms with Crippen molar-refractivity contribution >= 4 is 5.69 Å². The topological polar surface area (TPSA) is 39.9 Å². The van der Waals surface area contributed by atoms with Crippen LogP contribution < -0.4 is 4.90 Å². The highest BCUT2D eigenvalue weighted by atomic mass is 15.1. The number of nitriles is 1. The Morgan fingerprint density at radius 3 is 2.44 bits per heavy atom. The fourth-order valence-corrected chi connectivity index (χ4v) is 2.30. The van der Waals surface area contributed by atoms with Crippen LogP contribution in [0.25, 0.3) is 0 Å². The van der Waals surface area contributed by atoms with Gasteiger partial charge in [-0.15, -0.1) is 0 Å². The van der Waals surface area contributed by atoms with Crippen LogP contribution in [0.1, 0.15) is 44.1 Å². The van der Waals surface area contributed by atoms with Gasteiger partial charge < -0.3 is 4.90 Å². The van der Waals surface area contributed by atoms with Crippen LogP contribution in [-0.4, -0.2) is 18.1 Å². The highest BCUT2D eigenvalue weighted by Gasteiger charge is 2.17. The maximum atomic E-state index is 9.29. The summed E-state index contributed by atoms with van der Waals surface area (Å²) in [6, 6.07) is 4.69. The monoisotopic (exact) mass is 245 g/mol. The molecule has 0 saturated heterocycles. The van der Waals surface area contributed by atoms with Crippen molar-refractivity contribution in [2.45, 2.75) is 47.1 Å². The summed E-state index contributed by atoms with van der Waals surface area (Å²) in [6.07, 6.45) is 1.11. The molecular formula is C15H23N3. The van der Waals surface area contributed by atoms with Crippen molar-refractivity contribution in [3.05, 3.63) is 23.0 Å². The zero-order valence-electron chi connectivity index (χ0n) is 12.3. The van der Waals surface area contributed by atoms with Gasteiger partial charge in [-0.25, -0.2) is 0 Å². The Balaban J connectivity index is 3.12. The molecule has 0 fully saturated rings. The summed E-state index contributed by atoms with van der Waals surface area (Å²) >= 11 is 0. The number of hydrogen-bond acceptors (Lipinski definition) is 3. The third-order valence-corrected chi connectivity index (χ3v) is 3.27. The van der Waals surface area contributed by atoms with Crippen molar-refractivity contribution in [1.29, 1.82) is 5.26 Å². The predicted octanol–water partition coefficient (Wildman–Crippen LogP) is 3.44. The lowest BCUT2D eigenvalue weighted by Gasteiger charge is -2.29. The zero-order chi connectivity index (χ0) is 13.9. The number of rotatable bonds is 4. The minimum Gasteiger partial charge on any atom is -0.371 e. The van der Waals surface area contributed by atoms with Crippen LogP contribution in [0, 0.1) is 31.1 Å². The molecule has 0 aliphatic carbocycles. The lowest BCUT2D eigenvalue weighted by Crippen LogP contribution is -2.31. The smallest absolute Gasteiger partial charge is 0.103 e. The van der Waals surface area contributed by atoms with E-state index in [1.165, 1.54) is 0 Å². The van der Waals surface area contributed by atoms with E-state index in [1.54, 1.807) is 0 Å². The fraction of sp³-hybridized carbons (Fsp3) is 0.600. The fourth-order valence-electron chi connectivity index (χ4n) is 2.30. The molecule has 0 aliphatic heterocycles. The first-order valence-electron chi connectivity index (χ1n) is 6.48. The van der Waals surface area contributed by atoms with Crippen molar-refractivity contribution < 1.29 is 0 Å². The van der Waals surface area contributed by atoms with Crippen LogP contribution in [0.2, 0.25) is 0 Å². The molecule has 0 N–H and O–H groups in total. The van der Waals surface area contributed by atoms with Gasteiger partial charge in [0.05, 0.1) is 16.9 Å². The van der Waals surface area contributed by atoms with Gasteiger partial charge in [-0.05, 0) is 39.2 Å². The van der Waals surface area contributed by atoms with Crippen molar-refractivity contribution in [3.63, 3.8) is 0 Å². The molecule has 0 bridgehead atoms. The largest absolute Gasteiger partial charge is 0.371 e. The molecule has 1 rings (SSSR count). The third-order valence-electron chi connectivity index (χ3n) is 3.27. The summed E-state index contributed by atoms with van der Waals surface area (Å²) in [5, 5.41) is 9.29. The van der Waals surface area contributed by atoms with Gasteiger partial charge in [0.2, 0.25) is 0 Å². The van der Waals surface area contributed by atoms with Crippen LogP contribution in [0.5, 0.6) is 0 Å². The number of anilines is 1. The Labute approximate surface area is 110 Å². The van der Waals surface area contributed by atoms with Gasteiger partial charge in [-0.2, -0.15) is 5.26 Å². The minimum atomic E-state index is 0.415. The van der Waals surface area contributed by atoms with Gasteiger partial charge in [0, 0.05) is 18.8 Å². The van der Waals surface area contributed by atoms with Gasteiger partial charge in [-0.3, -0.25) is 4.98 Å². The molecular weight excluding hydrogens is 222 g/mol. The van der Waals surface area contributed by atoms with E-state index >= 15 is 0 Å². The standard InChI is InChI=1S/C15H23N3/c1-10(2)7-12(4)18(6)15-8-11(3)17-13(5)14(15)9-16/h8,10,12H,7H2,1-6H3. The predicted molar refractivity (Wildman–Crippen MR) is 75.7 cm³/mol. The highest BCUT2D eigenvalue weighted by molar-refractivity contribution is 5.61. The molecule has 0 spiro atoms. The molecule has 18 heavy (non-hydrogen) atoms. The van der Waals surface area contributed by atoms with E-state index in [2.05, 4.69) is 43.8 Å². The summed E-state index contributed by atoms with van der Waals surface area (Å²) in [7, 11) is 2.06. The average Bonchev–Trinajstić information content (AvgIpc) is 2.26. The Bertz CT molecular complexity index is 458. The molecule has 3 nitrogen and oxygen atoms in total. The second kappa shape index (κ2) is 5.86. The Kier molecular flexibility index (Phi) is 4.72. The van der Waals surface area contributed by atoms with E-state index in [9.17, 15) is 5.26 Å². The van der Waals surface area contributed by atoms with E-state index in [-0.39, 0.29) is 0 Å². The maximum Gasteiger partial charge on any atom is 0.103 e. The third kappa shape index (κ3) is 3.22. The quantitative estimate of drug-likeness (QED) is 0.815. The molecule has 0 saturated carbocycles. The van der Waals surface area contributed by atoms with Crippen LogP contribution in [0.4, 0.5) is 5.69 Å². The first-order chi connectivity index (χ1) is 8.36. The normalized spacial score (nSPS) is 12.3. The summed E-state index contributed by atoms with van der Waals surface area (Å²) < 4.78 is 0. The molecule has 1 unspecified atom stereocenters. The van der Waals surface area contributed by atoms with Gasteiger partial charge in [-0.1, -0.05) is 13.8 Å². The van der Waals surface area contributed by atoms with Crippen LogP contribution in [0.15, 0.2) is 6.07 Å². The van der Waals surface area contributed by atoms with E-state index in [0.29, 0.717) is 17.5 Å². The second-order valence-electron chi connectivity index (χ2n) is 5.44. The van der Waals surface area contributed by atoms with Crippen molar-refractivity contribution in [1.82, 2.24) is 4.98 Å². The number of aromatic nitrogens is 1. The highest BCUT2D eigenvalue weighted by Crippen LogP contribution is 2.25. The Morgan fingerprint density at radius 2 is 1.94 bits per heavy atom. The molecule has 1 aromatic heterocycles. The molecule has 98 valence electrons. The molecule has 0 radical (unpaired) electrons. The van der Waals surface area contributed by atoms with Crippen LogP contribution >= 0.6 is 0 Å². The average molecular weight is 245 g/mol. The number of pyridine rings is 1. The molecule has 1 aromatic rings. The van der Waals surface area contributed by atoms with Crippen LogP contribution in [-0.2, 0) is 0 Å². The van der Waals surface area contributed by atoms with Gasteiger partial charge in [0.15, 0.2) is 0 Å². The molecule has 1 atom stereocenters. The van der Waals surface area contributed by atoms with Gasteiger partial charge in [0.1, 0.15) is 6.07 Å². The SMILES string of the molecule is Cc1cc(N(C)C(C)CC(C)C)c(C#N)c(C)n1. The number of hydrogen-bond donors (Lipinski definition) is 0. The molecule has 3 heteroatoms. The number of nitrogens with zero attached hydrogens (tertiary/aromatic N) is 3. The zero-order valence-corrected chi connectivity index (χ0v) is 12.3. The van der Waals surface area contributed by atoms with E-state index in [0.717, 1.165) is 23.5 Å². The van der Waals surface area contributed by atoms with E-state index < -0.39 is 0 Å². The molecule has 0 aliphatic rings. The first-order valence-corrected chi connectivity index (χ1v) is 6.48. The van der Waals surface area contributed by atoms with Crippen molar-refractivity contribution in [3.8, 4) is 6.07 Å². The maximum absolute atomic E-state index is 9.29. The summed E-state index contributed by atoms with van der Waals surface area (Å²) in [5.74, 6) is 0.650. The van der Waals surface area contributed by atoms with E-state index in [4.69, 9.17) is 0 Å². The second-order valence-corrected chi connectivity index (χ2v) is 5.44. The molecule has 0 amide bonds. The van der Waals surface area contributed by atoms with Crippen LogP contribution in [0.3, 0.4) is 0 Å². The van der Waals surface area contributed by atoms with Gasteiger partial charge >= 0.3 is 0 Å². The van der Waals surface area contributed by atoms with Crippen molar-refractivity contribution in [2.75, 3.05) is 11.9 Å². The lowest BCUT2D eigenvalue weighted by atomic mass is 10.0. The first kappa shape index (κ1) is 14.5. The summed E-state index contributed by atoms with van der Waals surface area (Å²) in [6.45, 7) is 10.5. The minimum absolute atomic E-state index is 0.415. The lowest BCUT2D eigenvalue weighted by molar-refractivity contribution is 0.504. The summed E-state index contributed by atoms with van der Waals surface area (Å²) in [4.78, 5) is 6.55. The van der Waals surface area contributed by atoms with Gasteiger partial charge in [0.25, 0.3) is 0 Å².